The molecule has 5 heteroatoms. The number of pyridine rings is 1. The second-order valence-corrected chi connectivity index (χ2v) is 4.90. The number of halogens is 1. The molecule has 0 aliphatic carbocycles. The first-order chi connectivity index (χ1) is 10.1. The van der Waals surface area contributed by atoms with Crippen LogP contribution >= 0.6 is 0 Å². The van der Waals surface area contributed by atoms with Crippen LogP contribution in [0.25, 0.3) is 10.9 Å². The summed E-state index contributed by atoms with van der Waals surface area (Å²) >= 11 is 0. The lowest BCUT2D eigenvalue weighted by Gasteiger charge is -2.12. The maximum atomic E-state index is 13.2. The molecule has 1 unspecified atom stereocenters. The standard InChI is InChI=1S/C16H14FN3O/c1-10(11-3-2-6-18-9-11)19-16(21)15-8-12-7-13(17)4-5-14(12)20-15/h2-10,20H,1H3,(H,19,21). The molecule has 106 valence electrons. The number of hydrogen-bond acceptors (Lipinski definition) is 2. The summed E-state index contributed by atoms with van der Waals surface area (Å²) in [6.07, 6.45) is 3.40. The summed E-state index contributed by atoms with van der Waals surface area (Å²) < 4.78 is 13.2. The summed E-state index contributed by atoms with van der Waals surface area (Å²) in [7, 11) is 0. The number of nitrogens with one attached hydrogen (secondary N) is 2. The molecule has 1 aromatic carbocycles. The highest BCUT2D eigenvalue weighted by molar-refractivity contribution is 5.98. The lowest BCUT2D eigenvalue weighted by atomic mass is 10.1. The first-order valence-corrected chi connectivity index (χ1v) is 6.62. The van der Waals surface area contributed by atoms with E-state index in [0.717, 1.165) is 11.1 Å². The molecule has 3 aromatic rings. The third-order valence-electron chi connectivity index (χ3n) is 3.36. The average Bonchev–Trinajstić information content (AvgIpc) is 2.91. The van der Waals surface area contributed by atoms with Crippen LogP contribution in [0.2, 0.25) is 0 Å². The van der Waals surface area contributed by atoms with E-state index in [0.29, 0.717) is 11.1 Å². The van der Waals surface area contributed by atoms with Gasteiger partial charge in [0.15, 0.2) is 0 Å². The van der Waals surface area contributed by atoms with E-state index < -0.39 is 0 Å². The second kappa shape index (κ2) is 5.36. The number of rotatable bonds is 3. The van der Waals surface area contributed by atoms with E-state index in [4.69, 9.17) is 0 Å². The molecule has 1 amide bonds. The van der Waals surface area contributed by atoms with Gasteiger partial charge in [-0.15, -0.1) is 0 Å². The normalized spacial score (nSPS) is 12.3. The van der Waals surface area contributed by atoms with Gasteiger partial charge in [0.25, 0.3) is 5.91 Å². The number of hydrogen-bond donors (Lipinski definition) is 2. The van der Waals surface area contributed by atoms with Crippen LogP contribution in [0, 0.1) is 5.82 Å². The minimum Gasteiger partial charge on any atom is -0.351 e. The first-order valence-electron chi connectivity index (χ1n) is 6.62. The molecule has 4 nitrogen and oxygen atoms in total. The van der Waals surface area contributed by atoms with Crippen molar-refractivity contribution in [3.05, 3.63) is 65.9 Å². The summed E-state index contributed by atoms with van der Waals surface area (Å²) in [6.45, 7) is 1.89. The predicted octanol–water partition coefficient (Wildman–Crippen LogP) is 3.19. The molecule has 2 aromatic heterocycles. The number of fused-ring (bicyclic) bond motifs is 1. The molecule has 0 radical (unpaired) electrons. The number of amides is 1. The van der Waals surface area contributed by atoms with Crippen molar-refractivity contribution in [1.29, 1.82) is 0 Å². The van der Waals surface area contributed by atoms with Crippen molar-refractivity contribution in [3.63, 3.8) is 0 Å². The zero-order valence-electron chi connectivity index (χ0n) is 11.4. The van der Waals surface area contributed by atoms with Crippen molar-refractivity contribution in [2.24, 2.45) is 0 Å². The van der Waals surface area contributed by atoms with Crippen LogP contribution in [0.5, 0.6) is 0 Å². The van der Waals surface area contributed by atoms with Gasteiger partial charge in [-0.1, -0.05) is 6.07 Å². The summed E-state index contributed by atoms with van der Waals surface area (Å²) in [4.78, 5) is 19.2. The van der Waals surface area contributed by atoms with Gasteiger partial charge in [0.1, 0.15) is 11.5 Å². The minimum absolute atomic E-state index is 0.158. The van der Waals surface area contributed by atoms with Gasteiger partial charge in [-0.2, -0.15) is 0 Å². The van der Waals surface area contributed by atoms with Crippen LogP contribution in [-0.2, 0) is 0 Å². The van der Waals surface area contributed by atoms with E-state index in [1.54, 1.807) is 24.5 Å². The van der Waals surface area contributed by atoms with Crippen LogP contribution < -0.4 is 5.32 Å². The Morgan fingerprint density at radius 3 is 2.95 bits per heavy atom. The fourth-order valence-corrected chi connectivity index (χ4v) is 2.22. The van der Waals surface area contributed by atoms with Crippen LogP contribution in [-0.4, -0.2) is 15.9 Å². The van der Waals surface area contributed by atoms with E-state index >= 15 is 0 Å². The third-order valence-corrected chi connectivity index (χ3v) is 3.36. The average molecular weight is 283 g/mol. The van der Waals surface area contributed by atoms with Crippen LogP contribution in [0.1, 0.15) is 29.0 Å². The second-order valence-electron chi connectivity index (χ2n) is 4.90. The molecular formula is C16H14FN3O. The summed E-state index contributed by atoms with van der Waals surface area (Å²) in [5.41, 5.74) is 2.06. The lowest BCUT2D eigenvalue weighted by Crippen LogP contribution is -2.26. The zero-order valence-corrected chi connectivity index (χ0v) is 11.4. The fraction of sp³-hybridized carbons (Fsp3) is 0.125. The Morgan fingerprint density at radius 2 is 2.19 bits per heavy atom. The molecule has 0 bridgehead atoms. The van der Waals surface area contributed by atoms with Crippen molar-refractivity contribution < 1.29 is 9.18 Å². The van der Waals surface area contributed by atoms with Gasteiger partial charge in [-0.25, -0.2) is 4.39 Å². The van der Waals surface area contributed by atoms with E-state index in [1.807, 2.05) is 19.1 Å². The number of aromatic nitrogens is 2. The van der Waals surface area contributed by atoms with E-state index in [1.165, 1.54) is 12.1 Å². The maximum Gasteiger partial charge on any atom is 0.268 e. The number of benzene rings is 1. The molecule has 0 aliphatic rings. The van der Waals surface area contributed by atoms with Crippen molar-refractivity contribution in [1.82, 2.24) is 15.3 Å². The summed E-state index contributed by atoms with van der Waals surface area (Å²) in [5.74, 6) is -0.555. The van der Waals surface area contributed by atoms with Gasteiger partial charge < -0.3 is 10.3 Å². The Labute approximate surface area is 121 Å². The molecule has 21 heavy (non-hydrogen) atoms. The van der Waals surface area contributed by atoms with Gasteiger partial charge in [0.05, 0.1) is 6.04 Å². The fourth-order valence-electron chi connectivity index (χ4n) is 2.22. The van der Waals surface area contributed by atoms with E-state index in [2.05, 4.69) is 15.3 Å². The van der Waals surface area contributed by atoms with Gasteiger partial charge in [0, 0.05) is 23.3 Å². The van der Waals surface area contributed by atoms with E-state index in [-0.39, 0.29) is 17.8 Å². The molecule has 0 saturated heterocycles. The topological polar surface area (TPSA) is 57.8 Å². The molecule has 0 spiro atoms. The number of H-pyrrole nitrogens is 1. The largest absolute Gasteiger partial charge is 0.351 e. The van der Waals surface area contributed by atoms with Crippen molar-refractivity contribution in [2.75, 3.05) is 0 Å². The monoisotopic (exact) mass is 283 g/mol. The zero-order chi connectivity index (χ0) is 14.8. The van der Waals surface area contributed by atoms with Crippen LogP contribution in [0.3, 0.4) is 0 Å². The van der Waals surface area contributed by atoms with Gasteiger partial charge in [-0.05, 0) is 42.8 Å². The quantitative estimate of drug-likeness (QED) is 0.775. The summed E-state index contributed by atoms with van der Waals surface area (Å²) in [5, 5.41) is 3.56. The van der Waals surface area contributed by atoms with Gasteiger partial charge >= 0.3 is 0 Å². The first kappa shape index (κ1) is 13.3. The van der Waals surface area contributed by atoms with Crippen LogP contribution in [0.15, 0.2) is 48.8 Å². The highest BCUT2D eigenvalue weighted by Crippen LogP contribution is 2.17. The Hall–Kier alpha value is -2.69. The maximum absolute atomic E-state index is 13.2. The van der Waals surface area contributed by atoms with Crippen molar-refractivity contribution in [2.45, 2.75) is 13.0 Å². The Bertz CT molecular complexity index is 783. The molecule has 3 rings (SSSR count). The predicted molar refractivity (Wildman–Crippen MR) is 78.4 cm³/mol. The van der Waals surface area contributed by atoms with Crippen LogP contribution in [0.4, 0.5) is 4.39 Å². The molecular weight excluding hydrogens is 269 g/mol. The smallest absolute Gasteiger partial charge is 0.268 e. The molecule has 2 heterocycles. The Morgan fingerprint density at radius 1 is 1.33 bits per heavy atom. The molecule has 0 fully saturated rings. The SMILES string of the molecule is CC(NC(=O)c1cc2cc(F)ccc2[nH]1)c1cccnc1. The van der Waals surface area contributed by atoms with Gasteiger partial charge in [0.2, 0.25) is 0 Å². The summed E-state index contributed by atoms with van der Waals surface area (Å²) in [6, 6.07) is 9.58. The highest BCUT2D eigenvalue weighted by Gasteiger charge is 2.13. The molecule has 1 atom stereocenters. The molecule has 2 N–H and O–H groups in total. The van der Waals surface area contributed by atoms with Crippen molar-refractivity contribution in [3.8, 4) is 0 Å². The Kier molecular flexibility index (Phi) is 3.39. The lowest BCUT2D eigenvalue weighted by molar-refractivity contribution is 0.0935. The number of carbonyl (C=O) groups is 1. The number of nitrogens with zero attached hydrogens (tertiary/aromatic N) is 1. The van der Waals surface area contributed by atoms with Gasteiger partial charge in [-0.3, -0.25) is 9.78 Å². The minimum atomic E-state index is -0.322. The van der Waals surface area contributed by atoms with E-state index in [9.17, 15) is 9.18 Å². The number of aromatic amines is 1. The Balaban J connectivity index is 1.80. The highest BCUT2D eigenvalue weighted by atomic mass is 19.1. The number of carbonyl (C=O) groups excluding carboxylic acids is 1. The molecule has 0 aliphatic heterocycles. The molecule has 0 saturated carbocycles. The third kappa shape index (κ3) is 2.76. The van der Waals surface area contributed by atoms with Crippen molar-refractivity contribution >= 4 is 16.8 Å².